The van der Waals surface area contributed by atoms with Gasteiger partial charge in [-0.2, -0.15) is 0 Å². The van der Waals surface area contributed by atoms with Crippen LogP contribution >= 0.6 is 0 Å². The second-order valence-electron chi connectivity index (χ2n) is 4.09. The third kappa shape index (κ3) is 3.82. The van der Waals surface area contributed by atoms with E-state index in [0.29, 0.717) is 25.6 Å². The molecule has 1 aromatic heterocycles. The Labute approximate surface area is 111 Å². The molecular formula is C12H17N5O2. The number of hydrogen-bond acceptors (Lipinski definition) is 6. The molecule has 0 saturated heterocycles. The number of benzene rings is 1. The monoisotopic (exact) mass is 263 g/mol. The van der Waals surface area contributed by atoms with Gasteiger partial charge in [0.1, 0.15) is 0 Å². The molecule has 0 aliphatic heterocycles. The Morgan fingerprint density at radius 2 is 2.11 bits per heavy atom. The number of aliphatic hydroxyl groups is 1. The molecule has 1 atom stereocenters. The van der Waals surface area contributed by atoms with E-state index < -0.39 is 6.04 Å². The number of rotatable bonds is 7. The Bertz CT molecular complexity index is 488. The van der Waals surface area contributed by atoms with Crippen molar-refractivity contribution < 1.29 is 9.84 Å². The van der Waals surface area contributed by atoms with Crippen LogP contribution in [0, 0.1) is 0 Å². The van der Waals surface area contributed by atoms with Crippen LogP contribution in [0.4, 0.5) is 0 Å². The first-order chi connectivity index (χ1) is 9.31. The van der Waals surface area contributed by atoms with Crippen molar-refractivity contribution in [2.45, 2.75) is 19.2 Å². The van der Waals surface area contributed by atoms with Crippen molar-refractivity contribution in [3.63, 3.8) is 0 Å². The molecule has 102 valence electrons. The van der Waals surface area contributed by atoms with Gasteiger partial charge in [-0.15, -0.1) is 5.10 Å². The molecule has 2 rings (SSSR count). The molecule has 3 N–H and O–H groups in total. The van der Waals surface area contributed by atoms with Crippen molar-refractivity contribution in [3.8, 4) is 0 Å². The van der Waals surface area contributed by atoms with Crippen molar-refractivity contribution in [1.29, 1.82) is 0 Å². The van der Waals surface area contributed by atoms with Gasteiger partial charge in [0, 0.05) is 0 Å². The highest BCUT2D eigenvalue weighted by Gasteiger charge is 2.14. The maximum Gasteiger partial charge on any atom is 0.170 e. The first-order valence-electron chi connectivity index (χ1n) is 6.05. The molecule has 0 bridgehead atoms. The fraction of sp³-hybridized carbons (Fsp3) is 0.417. The quantitative estimate of drug-likeness (QED) is 0.722. The minimum absolute atomic E-state index is 0.0321. The highest BCUT2D eigenvalue weighted by molar-refractivity contribution is 5.13. The molecule has 0 amide bonds. The minimum Gasteiger partial charge on any atom is -0.394 e. The summed E-state index contributed by atoms with van der Waals surface area (Å²) in [7, 11) is 0. The first-order valence-corrected chi connectivity index (χ1v) is 6.05. The third-order valence-electron chi connectivity index (χ3n) is 2.61. The van der Waals surface area contributed by atoms with Crippen LogP contribution in [0.5, 0.6) is 0 Å². The molecule has 0 aliphatic rings. The first kappa shape index (κ1) is 13.6. The summed E-state index contributed by atoms with van der Waals surface area (Å²) in [5, 5.41) is 20.0. The summed E-state index contributed by atoms with van der Waals surface area (Å²) in [6.07, 6.45) is 0. The lowest BCUT2D eigenvalue weighted by molar-refractivity contribution is 0.104. The zero-order valence-corrected chi connectivity index (χ0v) is 10.5. The standard InChI is InChI=1S/C12H17N5O2/c13-11(12-14-15-16-17(12)6-7-18)9-19-8-10-4-2-1-3-5-10/h1-5,11,18H,6-9,13H2/t11-/m1/s1. The summed E-state index contributed by atoms with van der Waals surface area (Å²) in [6, 6.07) is 9.44. The van der Waals surface area contributed by atoms with Gasteiger partial charge in [0.25, 0.3) is 0 Å². The summed E-state index contributed by atoms with van der Waals surface area (Å²) in [5.41, 5.74) is 7.05. The van der Waals surface area contributed by atoms with Crippen LogP contribution in [0.25, 0.3) is 0 Å². The van der Waals surface area contributed by atoms with E-state index in [9.17, 15) is 0 Å². The molecule has 0 fully saturated rings. The topological polar surface area (TPSA) is 99.1 Å². The Kier molecular flexibility index (Phi) is 4.96. The van der Waals surface area contributed by atoms with E-state index in [-0.39, 0.29) is 6.61 Å². The smallest absolute Gasteiger partial charge is 0.170 e. The predicted octanol–water partition coefficient (Wildman–Crippen LogP) is -0.118. The normalized spacial score (nSPS) is 12.5. The second kappa shape index (κ2) is 6.93. The van der Waals surface area contributed by atoms with Crippen molar-refractivity contribution in [3.05, 3.63) is 41.7 Å². The zero-order valence-electron chi connectivity index (χ0n) is 10.5. The molecule has 1 aromatic carbocycles. The third-order valence-corrected chi connectivity index (χ3v) is 2.61. The summed E-state index contributed by atoms with van der Waals surface area (Å²) >= 11 is 0. The van der Waals surface area contributed by atoms with E-state index in [0.717, 1.165) is 5.56 Å². The molecule has 0 saturated carbocycles. The van der Waals surface area contributed by atoms with E-state index in [1.807, 2.05) is 30.3 Å². The van der Waals surface area contributed by atoms with Gasteiger partial charge in [0.15, 0.2) is 5.82 Å². The second-order valence-corrected chi connectivity index (χ2v) is 4.09. The Hall–Kier alpha value is -1.83. The van der Waals surface area contributed by atoms with Crippen LogP contribution in [-0.2, 0) is 17.9 Å². The Morgan fingerprint density at radius 1 is 1.32 bits per heavy atom. The van der Waals surface area contributed by atoms with Crippen LogP contribution in [-0.4, -0.2) is 38.5 Å². The van der Waals surface area contributed by atoms with Crippen LogP contribution in [0.2, 0.25) is 0 Å². The number of tetrazole rings is 1. The van der Waals surface area contributed by atoms with Gasteiger partial charge in [0.2, 0.25) is 0 Å². The van der Waals surface area contributed by atoms with Crippen LogP contribution < -0.4 is 5.73 Å². The number of nitrogens with zero attached hydrogens (tertiary/aromatic N) is 4. The van der Waals surface area contributed by atoms with Gasteiger partial charge in [-0.25, -0.2) is 4.68 Å². The molecule has 0 aliphatic carbocycles. The van der Waals surface area contributed by atoms with Gasteiger partial charge in [-0.3, -0.25) is 0 Å². The van der Waals surface area contributed by atoms with Crippen LogP contribution in [0.15, 0.2) is 30.3 Å². The predicted molar refractivity (Wildman–Crippen MR) is 67.9 cm³/mol. The van der Waals surface area contributed by atoms with Gasteiger partial charge in [0.05, 0.1) is 32.4 Å². The van der Waals surface area contributed by atoms with Crippen molar-refractivity contribution in [2.24, 2.45) is 5.73 Å². The maximum absolute atomic E-state index is 8.88. The van der Waals surface area contributed by atoms with E-state index in [1.165, 1.54) is 4.68 Å². The summed E-state index contributed by atoms with van der Waals surface area (Å²) in [6.45, 7) is 1.11. The highest BCUT2D eigenvalue weighted by atomic mass is 16.5. The molecule has 1 heterocycles. The van der Waals surface area contributed by atoms with Crippen molar-refractivity contribution in [2.75, 3.05) is 13.2 Å². The summed E-state index contributed by atoms with van der Waals surface area (Å²) in [4.78, 5) is 0. The van der Waals surface area contributed by atoms with Gasteiger partial charge in [-0.05, 0) is 16.0 Å². The molecule has 2 aromatic rings. The zero-order chi connectivity index (χ0) is 13.5. The summed E-state index contributed by atoms with van der Waals surface area (Å²) < 4.78 is 7.02. The van der Waals surface area contributed by atoms with Crippen LogP contribution in [0.1, 0.15) is 17.4 Å². The fourth-order valence-electron chi connectivity index (χ4n) is 1.68. The molecule has 7 heteroatoms. The van der Waals surface area contributed by atoms with Gasteiger partial charge in [-0.1, -0.05) is 30.3 Å². The van der Waals surface area contributed by atoms with E-state index in [1.54, 1.807) is 0 Å². The SMILES string of the molecule is N[C@H](COCc1ccccc1)c1nnnn1CCO. The number of nitrogens with two attached hydrogens (primary N) is 1. The number of hydrogen-bond donors (Lipinski definition) is 2. The number of aromatic nitrogens is 4. The molecule has 0 spiro atoms. The van der Waals surface area contributed by atoms with Crippen molar-refractivity contribution >= 4 is 0 Å². The molecular weight excluding hydrogens is 246 g/mol. The van der Waals surface area contributed by atoms with Gasteiger partial charge >= 0.3 is 0 Å². The highest BCUT2D eigenvalue weighted by Crippen LogP contribution is 2.08. The molecule has 7 nitrogen and oxygen atoms in total. The number of aliphatic hydroxyl groups excluding tert-OH is 1. The minimum atomic E-state index is -0.412. The lowest BCUT2D eigenvalue weighted by atomic mass is 10.2. The average Bonchev–Trinajstić information content (AvgIpc) is 2.89. The fourth-order valence-corrected chi connectivity index (χ4v) is 1.68. The average molecular weight is 263 g/mol. The molecule has 19 heavy (non-hydrogen) atoms. The van der Waals surface area contributed by atoms with E-state index in [4.69, 9.17) is 15.6 Å². The van der Waals surface area contributed by atoms with Gasteiger partial charge < -0.3 is 15.6 Å². The Morgan fingerprint density at radius 3 is 2.84 bits per heavy atom. The van der Waals surface area contributed by atoms with Crippen LogP contribution in [0.3, 0.4) is 0 Å². The van der Waals surface area contributed by atoms with Crippen molar-refractivity contribution in [1.82, 2.24) is 20.2 Å². The lowest BCUT2D eigenvalue weighted by Gasteiger charge is -2.11. The lowest BCUT2D eigenvalue weighted by Crippen LogP contribution is -2.23. The molecule has 0 radical (unpaired) electrons. The summed E-state index contributed by atoms with van der Waals surface area (Å²) in [5.74, 6) is 0.516. The van der Waals surface area contributed by atoms with E-state index in [2.05, 4.69) is 15.5 Å². The largest absolute Gasteiger partial charge is 0.394 e. The van der Waals surface area contributed by atoms with E-state index >= 15 is 0 Å². The maximum atomic E-state index is 8.88. The Balaban J connectivity index is 1.84. The number of ether oxygens (including phenoxy) is 1. The molecule has 0 unspecified atom stereocenters.